The van der Waals surface area contributed by atoms with Gasteiger partial charge in [0.1, 0.15) is 6.17 Å². The van der Waals surface area contributed by atoms with Crippen LogP contribution in [0.5, 0.6) is 0 Å². The maximum absolute atomic E-state index is 13.2. The first kappa shape index (κ1) is 7.98. The monoisotopic (exact) mass is 173 g/mol. The van der Waals surface area contributed by atoms with Crippen LogP contribution in [0.3, 0.4) is 0 Å². The number of nitrogens with zero attached hydrogens (tertiary/aromatic N) is 1. The molecule has 2 fully saturated rings. The van der Waals surface area contributed by atoms with Crippen molar-refractivity contribution >= 4 is 5.97 Å². The molecule has 4 unspecified atom stereocenters. The molecule has 0 saturated carbocycles. The number of carboxylic acids is 1. The zero-order chi connectivity index (χ0) is 8.72. The van der Waals surface area contributed by atoms with E-state index in [1.165, 1.54) is 0 Å². The van der Waals surface area contributed by atoms with Crippen LogP contribution in [0.4, 0.5) is 4.39 Å². The molecule has 1 N–H and O–H groups in total. The van der Waals surface area contributed by atoms with Gasteiger partial charge in [0.15, 0.2) is 0 Å². The van der Waals surface area contributed by atoms with E-state index >= 15 is 0 Å². The van der Waals surface area contributed by atoms with Gasteiger partial charge in [-0.25, -0.2) is 4.39 Å². The Morgan fingerprint density at radius 3 is 2.92 bits per heavy atom. The van der Waals surface area contributed by atoms with Crippen molar-refractivity contribution in [1.82, 2.24) is 4.90 Å². The highest BCUT2D eigenvalue weighted by Gasteiger charge is 2.44. The van der Waals surface area contributed by atoms with Crippen molar-refractivity contribution in [3.05, 3.63) is 0 Å². The fraction of sp³-hybridized carbons (Fsp3) is 0.875. The van der Waals surface area contributed by atoms with Crippen molar-refractivity contribution in [1.29, 1.82) is 0 Å². The lowest BCUT2D eigenvalue weighted by molar-refractivity contribution is -0.147. The number of carboxylic acid groups (broad SMARTS) is 1. The van der Waals surface area contributed by atoms with Gasteiger partial charge in [-0.05, 0) is 18.9 Å². The molecule has 2 saturated heterocycles. The lowest BCUT2D eigenvalue weighted by Gasteiger charge is -2.30. The third-order valence-electron chi connectivity index (χ3n) is 2.92. The van der Waals surface area contributed by atoms with Crippen LogP contribution in [0.15, 0.2) is 0 Å². The molecule has 2 heterocycles. The Kier molecular flexibility index (Phi) is 1.79. The molecule has 4 heteroatoms. The molecule has 0 aromatic carbocycles. The van der Waals surface area contributed by atoms with E-state index in [4.69, 9.17) is 5.11 Å². The van der Waals surface area contributed by atoms with E-state index < -0.39 is 18.1 Å². The van der Waals surface area contributed by atoms with Gasteiger partial charge >= 0.3 is 5.97 Å². The number of hydrogen-bond acceptors (Lipinski definition) is 2. The summed E-state index contributed by atoms with van der Waals surface area (Å²) in [6, 6.07) is 0. The van der Waals surface area contributed by atoms with Crippen molar-refractivity contribution in [2.45, 2.75) is 12.6 Å². The Balaban J connectivity index is 2.15. The Morgan fingerprint density at radius 2 is 2.25 bits per heavy atom. The minimum atomic E-state index is -1.16. The molecule has 0 aromatic rings. The maximum atomic E-state index is 13.2. The average molecular weight is 173 g/mol. The smallest absolute Gasteiger partial charge is 0.309 e. The first-order valence-electron chi connectivity index (χ1n) is 4.27. The Labute approximate surface area is 70.2 Å². The number of rotatable bonds is 1. The molecule has 3 nitrogen and oxygen atoms in total. The summed E-state index contributed by atoms with van der Waals surface area (Å²) in [6.07, 6.45) is -0.319. The Hall–Kier alpha value is -0.640. The van der Waals surface area contributed by atoms with E-state index in [1.54, 1.807) is 0 Å². The van der Waals surface area contributed by atoms with Crippen molar-refractivity contribution in [3.63, 3.8) is 0 Å². The second-order valence-electron chi connectivity index (χ2n) is 3.69. The number of alkyl halides is 1. The predicted octanol–water partition coefficient (Wildman–Crippen LogP) is 0.361. The number of halogens is 1. The molecule has 2 rings (SSSR count). The molecular formula is C8H12FNO2. The zero-order valence-corrected chi connectivity index (χ0v) is 6.74. The molecule has 12 heavy (non-hydrogen) atoms. The highest BCUT2D eigenvalue weighted by atomic mass is 19.1. The first-order valence-corrected chi connectivity index (χ1v) is 4.27. The van der Waals surface area contributed by atoms with Gasteiger partial charge in [-0.1, -0.05) is 0 Å². The number of fused-ring (bicyclic) bond motifs is 2. The predicted molar refractivity (Wildman–Crippen MR) is 40.6 cm³/mol. The summed E-state index contributed by atoms with van der Waals surface area (Å²) in [5.74, 6) is -1.66. The molecular weight excluding hydrogens is 161 g/mol. The van der Waals surface area contributed by atoms with Crippen molar-refractivity contribution in [2.24, 2.45) is 11.8 Å². The molecule has 0 spiro atoms. The van der Waals surface area contributed by atoms with Gasteiger partial charge in [0.2, 0.25) is 0 Å². The van der Waals surface area contributed by atoms with Crippen LogP contribution >= 0.6 is 0 Å². The molecule has 2 aliphatic heterocycles. The molecule has 2 aliphatic rings. The van der Waals surface area contributed by atoms with Gasteiger partial charge in [-0.2, -0.15) is 0 Å². The summed E-state index contributed by atoms with van der Waals surface area (Å²) in [7, 11) is 0. The van der Waals surface area contributed by atoms with Crippen LogP contribution in [0.25, 0.3) is 0 Å². The van der Waals surface area contributed by atoms with Crippen molar-refractivity contribution in [2.75, 3.05) is 19.6 Å². The third kappa shape index (κ3) is 1.10. The third-order valence-corrected chi connectivity index (χ3v) is 2.92. The normalized spacial score (nSPS) is 46.1. The zero-order valence-electron chi connectivity index (χ0n) is 6.74. The summed E-state index contributed by atoms with van der Waals surface area (Å²) in [4.78, 5) is 12.7. The number of carbonyl (C=O) groups is 1. The van der Waals surface area contributed by atoms with Crippen LogP contribution in [0.2, 0.25) is 0 Å². The molecule has 0 amide bonds. The standard InChI is InChI=1S/C8H12FNO2/c9-6-4-10-2-1-5(3-10)7(6)8(11)12/h5-7H,1-4H2,(H,11,12). The van der Waals surface area contributed by atoms with Crippen LogP contribution in [0, 0.1) is 11.8 Å². The summed E-state index contributed by atoms with van der Waals surface area (Å²) < 4.78 is 13.2. The van der Waals surface area contributed by atoms with E-state index in [0.717, 1.165) is 19.5 Å². The summed E-state index contributed by atoms with van der Waals surface area (Å²) >= 11 is 0. The van der Waals surface area contributed by atoms with Gasteiger partial charge < -0.3 is 10.0 Å². The van der Waals surface area contributed by atoms with Gasteiger partial charge in [-0.15, -0.1) is 0 Å². The maximum Gasteiger partial charge on any atom is 0.309 e. The quantitative estimate of drug-likeness (QED) is 0.622. The van der Waals surface area contributed by atoms with Gasteiger partial charge in [0, 0.05) is 13.1 Å². The average Bonchev–Trinajstić information content (AvgIpc) is 2.31. The second kappa shape index (κ2) is 2.69. The minimum absolute atomic E-state index is 0.0475. The SMILES string of the molecule is O=C(O)C1C(F)CN2CCC1C2. The lowest BCUT2D eigenvalue weighted by Crippen LogP contribution is -2.44. The van der Waals surface area contributed by atoms with E-state index in [-0.39, 0.29) is 5.92 Å². The Morgan fingerprint density at radius 1 is 1.50 bits per heavy atom. The van der Waals surface area contributed by atoms with Crippen LogP contribution in [-0.4, -0.2) is 41.8 Å². The molecule has 0 radical (unpaired) electrons. The van der Waals surface area contributed by atoms with E-state index in [9.17, 15) is 9.18 Å². The topological polar surface area (TPSA) is 40.5 Å². The van der Waals surface area contributed by atoms with E-state index in [2.05, 4.69) is 0 Å². The summed E-state index contributed by atoms with van der Waals surface area (Å²) in [5.41, 5.74) is 0. The van der Waals surface area contributed by atoms with Gasteiger partial charge in [0.05, 0.1) is 5.92 Å². The molecule has 68 valence electrons. The van der Waals surface area contributed by atoms with E-state index in [0.29, 0.717) is 6.54 Å². The van der Waals surface area contributed by atoms with Crippen LogP contribution in [-0.2, 0) is 4.79 Å². The van der Waals surface area contributed by atoms with Crippen molar-refractivity contribution in [3.8, 4) is 0 Å². The van der Waals surface area contributed by atoms with Gasteiger partial charge in [-0.3, -0.25) is 4.79 Å². The molecule has 2 bridgehead atoms. The second-order valence-corrected chi connectivity index (χ2v) is 3.69. The highest BCUT2D eigenvalue weighted by Crippen LogP contribution is 2.33. The van der Waals surface area contributed by atoms with Crippen LogP contribution in [0.1, 0.15) is 6.42 Å². The Bertz CT molecular complexity index is 209. The minimum Gasteiger partial charge on any atom is -0.481 e. The highest BCUT2D eigenvalue weighted by molar-refractivity contribution is 5.71. The fourth-order valence-corrected chi connectivity index (χ4v) is 2.33. The van der Waals surface area contributed by atoms with Gasteiger partial charge in [0.25, 0.3) is 0 Å². The summed E-state index contributed by atoms with van der Waals surface area (Å²) in [5, 5.41) is 8.77. The number of aliphatic carboxylic acids is 1. The number of hydrogen-bond donors (Lipinski definition) is 1. The van der Waals surface area contributed by atoms with Crippen LogP contribution < -0.4 is 0 Å². The molecule has 0 aromatic heterocycles. The molecule has 4 atom stereocenters. The lowest BCUT2D eigenvalue weighted by atomic mass is 9.86. The molecule has 0 aliphatic carbocycles. The summed E-state index contributed by atoms with van der Waals surface area (Å²) in [6.45, 7) is 1.96. The van der Waals surface area contributed by atoms with Crippen molar-refractivity contribution < 1.29 is 14.3 Å². The fourth-order valence-electron chi connectivity index (χ4n) is 2.33. The van der Waals surface area contributed by atoms with E-state index in [1.807, 2.05) is 4.90 Å². The largest absolute Gasteiger partial charge is 0.481 e. The first-order chi connectivity index (χ1) is 5.68. The number of piperidine rings is 1.